The Balaban J connectivity index is 2.38. The van der Waals surface area contributed by atoms with Crippen molar-refractivity contribution in [1.82, 2.24) is 0 Å². The minimum Gasteiger partial charge on any atom is -0.365 e. The summed E-state index contributed by atoms with van der Waals surface area (Å²) in [5.74, 6) is -3.10. The van der Waals surface area contributed by atoms with Crippen LogP contribution in [0.15, 0.2) is 18.2 Å². The molecule has 21 heavy (non-hydrogen) atoms. The van der Waals surface area contributed by atoms with E-state index in [1.54, 1.807) is 13.8 Å². The molecule has 0 saturated carbocycles. The molecule has 0 aliphatic rings. The van der Waals surface area contributed by atoms with Gasteiger partial charge in [-0.25, -0.2) is 8.78 Å². The molecule has 2 aromatic rings. The van der Waals surface area contributed by atoms with Crippen molar-refractivity contribution in [3.8, 4) is 0 Å². The number of nitrogens with one attached hydrogen (secondary N) is 1. The summed E-state index contributed by atoms with van der Waals surface area (Å²) in [5.41, 5.74) is 5.68. The number of primary amides is 1. The molecule has 0 unspecified atom stereocenters. The van der Waals surface area contributed by atoms with Crippen molar-refractivity contribution in [1.29, 1.82) is 0 Å². The molecule has 110 valence electrons. The maximum atomic E-state index is 13.6. The maximum absolute atomic E-state index is 13.6. The van der Waals surface area contributed by atoms with Crippen LogP contribution in [0.25, 0.3) is 0 Å². The van der Waals surface area contributed by atoms with Gasteiger partial charge in [-0.15, -0.1) is 11.3 Å². The quantitative estimate of drug-likeness (QED) is 0.914. The fraction of sp³-hybridized carbons (Fsp3) is 0.143. The van der Waals surface area contributed by atoms with E-state index >= 15 is 0 Å². The van der Waals surface area contributed by atoms with Crippen LogP contribution in [0, 0.1) is 25.5 Å². The van der Waals surface area contributed by atoms with Crippen LogP contribution in [0.2, 0.25) is 0 Å². The number of hydrogen-bond donors (Lipinski definition) is 2. The largest absolute Gasteiger partial charge is 0.365 e. The summed E-state index contributed by atoms with van der Waals surface area (Å²) in [6, 6.07) is 2.58. The molecule has 0 aliphatic heterocycles. The van der Waals surface area contributed by atoms with Gasteiger partial charge in [0.05, 0.1) is 11.1 Å². The Morgan fingerprint density at radius 2 is 1.90 bits per heavy atom. The van der Waals surface area contributed by atoms with E-state index in [2.05, 4.69) is 5.32 Å². The standard InChI is InChI=1S/C14H12F2N2O2S/c1-6-7(2)21-14(11(6)12(17)19)18-13(20)9-5-8(15)3-4-10(9)16/h3-5H,1-2H3,(H2,17,19)(H,18,20). The Hall–Kier alpha value is -2.28. The molecule has 2 amide bonds. The summed E-state index contributed by atoms with van der Waals surface area (Å²) >= 11 is 1.15. The predicted molar refractivity (Wildman–Crippen MR) is 76.6 cm³/mol. The summed E-state index contributed by atoms with van der Waals surface area (Å²) in [6.07, 6.45) is 0. The number of amides is 2. The van der Waals surface area contributed by atoms with Crippen LogP contribution in [0.3, 0.4) is 0 Å². The number of anilines is 1. The number of benzene rings is 1. The molecule has 1 heterocycles. The maximum Gasteiger partial charge on any atom is 0.259 e. The molecule has 3 N–H and O–H groups in total. The van der Waals surface area contributed by atoms with Gasteiger partial charge in [-0.05, 0) is 37.6 Å². The zero-order valence-corrected chi connectivity index (χ0v) is 12.1. The number of rotatable bonds is 3. The summed E-state index contributed by atoms with van der Waals surface area (Å²) in [5, 5.41) is 2.64. The lowest BCUT2D eigenvalue weighted by atomic mass is 10.1. The second-order valence-electron chi connectivity index (χ2n) is 4.43. The first-order valence-corrected chi connectivity index (χ1v) is 6.79. The van der Waals surface area contributed by atoms with E-state index < -0.39 is 29.0 Å². The second-order valence-corrected chi connectivity index (χ2v) is 5.65. The zero-order valence-electron chi connectivity index (χ0n) is 11.3. The van der Waals surface area contributed by atoms with Crippen LogP contribution in [0.1, 0.15) is 31.2 Å². The van der Waals surface area contributed by atoms with Gasteiger partial charge < -0.3 is 11.1 Å². The van der Waals surface area contributed by atoms with Gasteiger partial charge in [-0.2, -0.15) is 0 Å². The van der Waals surface area contributed by atoms with E-state index in [0.29, 0.717) is 5.56 Å². The van der Waals surface area contributed by atoms with E-state index in [4.69, 9.17) is 5.73 Å². The summed E-state index contributed by atoms with van der Waals surface area (Å²) < 4.78 is 26.7. The van der Waals surface area contributed by atoms with E-state index in [1.807, 2.05) is 0 Å². The molecule has 7 heteroatoms. The Morgan fingerprint density at radius 1 is 1.24 bits per heavy atom. The Kier molecular flexibility index (Phi) is 4.04. The number of aryl methyl sites for hydroxylation is 1. The second kappa shape index (κ2) is 5.61. The lowest BCUT2D eigenvalue weighted by Gasteiger charge is -2.06. The number of halogens is 2. The monoisotopic (exact) mass is 310 g/mol. The molecular formula is C14H12F2N2O2S. The molecule has 0 atom stereocenters. The van der Waals surface area contributed by atoms with Gasteiger partial charge >= 0.3 is 0 Å². The molecule has 0 aliphatic carbocycles. The lowest BCUT2D eigenvalue weighted by Crippen LogP contribution is -2.18. The normalized spacial score (nSPS) is 10.5. The van der Waals surface area contributed by atoms with Crippen LogP contribution in [0.4, 0.5) is 13.8 Å². The van der Waals surface area contributed by atoms with Gasteiger partial charge in [-0.3, -0.25) is 9.59 Å². The average molecular weight is 310 g/mol. The van der Waals surface area contributed by atoms with Gasteiger partial charge in [0.2, 0.25) is 0 Å². The van der Waals surface area contributed by atoms with Crippen molar-refractivity contribution in [3.63, 3.8) is 0 Å². The van der Waals surface area contributed by atoms with Crippen LogP contribution >= 0.6 is 11.3 Å². The first kappa shape index (κ1) is 15.1. The Bertz CT molecular complexity index is 741. The summed E-state index contributed by atoms with van der Waals surface area (Å²) in [7, 11) is 0. The zero-order chi connectivity index (χ0) is 15.7. The molecule has 1 aromatic carbocycles. The summed E-state index contributed by atoms with van der Waals surface area (Å²) in [4.78, 5) is 24.3. The van der Waals surface area contributed by atoms with Crippen molar-refractivity contribution in [3.05, 3.63) is 51.4 Å². The first-order valence-electron chi connectivity index (χ1n) is 5.97. The van der Waals surface area contributed by atoms with Gasteiger partial charge in [0, 0.05) is 4.88 Å². The van der Waals surface area contributed by atoms with Crippen molar-refractivity contribution in [2.45, 2.75) is 13.8 Å². The first-order chi connectivity index (χ1) is 9.81. The van der Waals surface area contributed by atoms with Crippen molar-refractivity contribution < 1.29 is 18.4 Å². The fourth-order valence-corrected chi connectivity index (χ4v) is 2.91. The van der Waals surface area contributed by atoms with Crippen LogP contribution in [0.5, 0.6) is 0 Å². The smallest absolute Gasteiger partial charge is 0.259 e. The third kappa shape index (κ3) is 2.92. The molecule has 2 rings (SSSR count). The molecule has 0 radical (unpaired) electrons. The third-order valence-electron chi connectivity index (χ3n) is 3.03. The minimum absolute atomic E-state index is 0.183. The van der Waals surface area contributed by atoms with Crippen LogP contribution in [-0.2, 0) is 0 Å². The average Bonchev–Trinajstić information content (AvgIpc) is 2.67. The van der Waals surface area contributed by atoms with Crippen LogP contribution < -0.4 is 11.1 Å². The van der Waals surface area contributed by atoms with E-state index in [9.17, 15) is 18.4 Å². The summed E-state index contributed by atoms with van der Waals surface area (Å²) in [6.45, 7) is 3.47. The highest BCUT2D eigenvalue weighted by atomic mass is 32.1. The Labute approximate surface area is 123 Å². The van der Waals surface area contributed by atoms with Gasteiger partial charge in [0.25, 0.3) is 11.8 Å². The SMILES string of the molecule is Cc1sc(NC(=O)c2cc(F)ccc2F)c(C(N)=O)c1C. The Morgan fingerprint density at radius 3 is 2.52 bits per heavy atom. The minimum atomic E-state index is -0.848. The molecular weight excluding hydrogens is 298 g/mol. The van der Waals surface area contributed by atoms with Gasteiger partial charge in [0.15, 0.2) is 0 Å². The molecule has 4 nitrogen and oxygen atoms in total. The molecule has 1 aromatic heterocycles. The number of nitrogens with two attached hydrogens (primary N) is 1. The highest BCUT2D eigenvalue weighted by Gasteiger charge is 2.21. The van der Waals surface area contributed by atoms with Gasteiger partial charge in [-0.1, -0.05) is 0 Å². The van der Waals surface area contributed by atoms with Crippen molar-refractivity contribution >= 4 is 28.2 Å². The number of hydrogen-bond acceptors (Lipinski definition) is 3. The number of thiophene rings is 1. The highest BCUT2D eigenvalue weighted by molar-refractivity contribution is 7.16. The van der Waals surface area contributed by atoms with Crippen molar-refractivity contribution in [2.24, 2.45) is 5.73 Å². The van der Waals surface area contributed by atoms with E-state index in [-0.39, 0.29) is 10.6 Å². The molecule has 0 fully saturated rings. The van der Waals surface area contributed by atoms with Gasteiger partial charge in [0.1, 0.15) is 16.6 Å². The molecule has 0 spiro atoms. The topological polar surface area (TPSA) is 72.2 Å². The lowest BCUT2D eigenvalue weighted by molar-refractivity contribution is 0.100. The van der Waals surface area contributed by atoms with E-state index in [0.717, 1.165) is 34.4 Å². The van der Waals surface area contributed by atoms with Crippen LogP contribution in [-0.4, -0.2) is 11.8 Å². The van der Waals surface area contributed by atoms with Crippen molar-refractivity contribution in [2.75, 3.05) is 5.32 Å². The third-order valence-corrected chi connectivity index (χ3v) is 4.15. The predicted octanol–water partition coefficient (Wildman–Crippen LogP) is 2.99. The molecule has 0 bridgehead atoms. The van der Waals surface area contributed by atoms with E-state index in [1.165, 1.54) is 0 Å². The number of carbonyl (C=O) groups is 2. The number of carbonyl (C=O) groups excluding carboxylic acids is 2. The molecule has 0 saturated heterocycles. The highest BCUT2D eigenvalue weighted by Crippen LogP contribution is 2.32. The fourth-order valence-electron chi connectivity index (χ4n) is 1.85.